The van der Waals surface area contributed by atoms with Crippen LogP contribution in [0.4, 0.5) is 0 Å². The topological polar surface area (TPSA) is 36.2 Å². The molecule has 0 amide bonds. The predicted molar refractivity (Wildman–Crippen MR) is 49.5 cm³/mol. The van der Waals surface area contributed by atoms with Crippen LogP contribution in [0.2, 0.25) is 0 Å². The maximum atomic E-state index is 11.3. The zero-order chi connectivity index (χ0) is 9.26. The molecule has 0 fully saturated rings. The van der Waals surface area contributed by atoms with E-state index >= 15 is 0 Å². The number of rotatable bonds is 1. The van der Waals surface area contributed by atoms with Gasteiger partial charge in [-0.2, -0.15) is 0 Å². The van der Waals surface area contributed by atoms with Crippen molar-refractivity contribution in [2.75, 3.05) is 7.11 Å². The van der Waals surface area contributed by atoms with E-state index in [-0.39, 0.29) is 0 Å². The van der Waals surface area contributed by atoms with Crippen molar-refractivity contribution in [2.24, 2.45) is 0 Å². The fourth-order valence-electron chi connectivity index (χ4n) is 1.37. The van der Waals surface area contributed by atoms with Crippen LogP contribution in [0.15, 0.2) is 36.5 Å². The van der Waals surface area contributed by atoms with E-state index in [9.17, 15) is 5.21 Å². The Hall–Kier alpha value is -1.77. The summed E-state index contributed by atoms with van der Waals surface area (Å²) in [6, 6.07) is 9.38. The number of pyridine rings is 1. The van der Waals surface area contributed by atoms with E-state index in [0.29, 0.717) is 5.88 Å². The standard InChI is InChI=1S/C10H9NO2/c1-13-10-9-5-3-2-4-8(9)6-7-11(10)12/h2-7H,1H3. The van der Waals surface area contributed by atoms with Crippen molar-refractivity contribution < 1.29 is 9.47 Å². The van der Waals surface area contributed by atoms with Gasteiger partial charge in [0, 0.05) is 6.07 Å². The Morgan fingerprint density at radius 2 is 2.00 bits per heavy atom. The fraction of sp³-hybridized carbons (Fsp3) is 0.100. The Morgan fingerprint density at radius 3 is 2.77 bits per heavy atom. The average Bonchev–Trinajstić information content (AvgIpc) is 2.18. The van der Waals surface area contributed by atoms with Gasteiger partial charge in [-0.05, 0) is 11.5 Å². The normalized spacial score (nSPS) is 10.2. The second kappa shape index (κ2) is 2.94. The summed E-state index contributed by atoms with van der Waals surface area (Å²) in [5, 5.41) is 13.1. The second-order valence-corrected chi connectivity index (χ2v) is 2.74. The summed E-state index contributed by atoms with van der Waals surface area (Å²) in [4.78, 5) is 0. The summed E-state index contributed by atoms with van der Waals surface area (Å²) in [6.45, 7) is 0. The van der Waals surface area contributed by atoms with Crippen LogP contribution in [0.1, 0.15) is 0 Å². The summed E-state index contributed by atoms with van der Waals surface area (Å²) < 4.78 is 5.73. The van der Waals surface area contributed by atoms with Crippen LogP contribution in [0, 0.1) is 5.21 Å². The van der Waals surface area contributed by atoms with Gasteiger partial charge in [0.05, 0.1) is 12.5 Å². The second-order valence-electron chi connectivity index (χ2n) is 2.74. The molecule has 0 bridgehead atoms. The molecule has 1 aromatic heterocycles. The Balaban J connectivity index is 2.84. The molecule has 13 heavy (non-hydrogen) atoms. The summed E-state index contributed by atoms with van der Waals surface area (Å²) in [5.41, 5.74) is 0. The van der Waals surface area contributed by atoms with Crippen LogP contribution in [0.25, 0.3) is 10.8 Å². The number of fused-ring (bicyclic) bond motifs is 1. The van der Waals surface area contributed by atoms with Crippen LogP contribution >= 0.6 is 0 Å². The monoisotopic (exact) mass is 175 g/mol. The lowest BCUT2D eigenvalue weighted by atomic mass is 10.2. The molecule has 0 N–H and O–H groups in total. The van der Waals surface area contributed by atoms with E-state index in [4.69, 9.17) is 4.74 Å². The van der Waals surface area contributed by atoms with E-state index in [1.165, 1.54) is 13.3 Å². The van der Waals surface area contributed by atoms with Gasteiger partial charge >= 0.3 is 5.88 Å². The third kappa shape index (κ3) is 1.18. The lowest BCUT2D eigenvalue weighted by molar-refractivity contribution is -0.610. The molecule has 0 aliphatic rings. The molecule has 0 atom stereocenters. The number of methoxy groups -OCH3 is 1. The van der Waals surface area contributed by atoms with Crippen molar-refractivity contribution in [1.29, 1.82) is 0 Å². The summed E-state index contributed by atoms with van der Waals surface area (Å²) in [6.07, 6.45) is 1.45. The van der Waals surface area contributed by atoms with Gasteiger partial charge in [0.1, 0.15) is 0 Å². The quantitative estimate of drug-likeness (QED) is 0.486. The first-order valence-corrected chi connectivity index (χ1v) is 3.98. The SMILES string of the molecule is COc1c2ccccc2cc[n+]1[O-]. The minimum Gasteiger partial charge on any atom is -0.616 e. The molecule has 2 aromatic rings. The van der Waals surface area contributed by atoms with Gasteiger partial charge < -0.3 is 9.94 Å². The number of hydrogen-bond acceptors (Lipinski definition) is 2. The van der Waals surface area contributed by atoms with E-state index in [1.54, 1.807) is 6.07 Å². The van der Waals surface area contributed by atoms with E-state index in [1.807, 2.05) is 24.3 Å². The third-order valence-electron chi connectivity index (χ3n) is 1.97. The van der Waals surface area contributed by atoms with Crippen molar-refractivity contribution in [3.8, 4) is 5.88 Å². The zero-order valence-electron chi connectivity index (χ0n) is 7.23. The molecule has 3 heteroatoms. The molecule has 0 aliphatic heterocycles. The van der Waals surface area contributed by atoms with Gasteiger partial charge in [-0.25, -0.2) is 0 Å². The summed E-state index contributed by atoms with van der Waals surface area (Å²) >= 11 is 0. The maximum absolute atomic E-state index is 11.3. The lowest BCUT2D eigenvalue weighted by Crippen LogP contribution is -2.27. The maximum Gasteiger partial charge on any atom is 0.387 e. The highest BCUT2D eigenvalue weighted by Gasteiger charge is 2.09. The van der Waals surface area contributed by atoms with Gasteiger partial charge in [-0.3, -0.25) is 0 Å². The van der Waals surface area contributed by atoms with Crippen LogP contribution in [0.5, 0.6) is 5.88 Å². The van der Waals surface area contributed by atoms with Crippen LogP contribution < -0.4 is 9.47 Å². The summed E-state index contributed by atoms with van der Waals surface area (Å²) in [5.74, 6) is 0.345. The van der Waals surface area contributed by atoms with E-state index in [0.717, 1.165) is 15.5 Å². The smallest absolute Gasteiger partial charge is 0.387 e. The molecule has 66 valence electrons. The van der Waals surface area contributed by atoms with Crippen LogP contribution in [-0.4, -0.2) is 7.11 Å². The van der Waals surface area contributed by atoms with E-state index < -0.39 is 0 Å². The molecule has 0 radical (unpaired) electrons. The fourth-order valence-corrected chi connectivity index (χ4v) is 1.37. The molecule has 3 nitrogen and oxygen atoms in total. The Kier molecular flexibility index (Phi) is 1.77. The van der Waals surface area contributed by atoms with Gasteiger partial charge in [0.25, 0.3) is 0 Å². The van der Waals surface area contributed by atoms with Gasteiger partial charge in [-0.15, -0.1) is 4.73 Å². The molecule has 0 spiro atoms. The molecule has 2 rings (SSSR count). The molecular weight excluding hydrogens is 166 g/mol. The predicted octanol–water partition coefficient (Wildman–Crippen LogP) is 1.48. The minimum absolute atomic E-state index is 0.345. The van der Waals surface area contributed by atoms with Crippen molar-refractivity contribution in [3.63, 3.8) is 0 Å². The highest BCUT2D eigenvalue weighted by molar-refractivity contribution is 5.85. The number of hydrogen-bond donors (Lipinski definition) is 0. The lowest BCUT2D eigenvalue weighted by Gasteiger charge is -2.04. The molecule has 1 heterocycles. The molecule has 1 aromatic carbocycles. The molecule has 0 unspecified atom stereocenters. The van der Waals surface area contributed by atoms with E-state index in [2.05, 4.69) is 0 Å². The number of aromatic nitrogens is 1. The van der Waals surface area contributed by atoms with Crippen molar-refractivity contribution >= 4 is 10.8 Å². The number of ether oxygens (including phenoxy) is 1. The zero-order valence-corrected chi connectivity index (χ0v) is 7.23. The Labute approximate surface area is 75.8 Å². The molecular formula is C10H9NO2. The Morgan fingerprint density at radius 1 is 1.23 bits per heavy atom. The highest BCUT2D eigenvalue weighted by atomic mass is 16.5. The largest absolute Gasteiger partial charge is 0.616 e. The first-order chi connectivity index (χ1) is 6.33. The first kappa shape index (κ1) is 7.86. The molecule has 0 saturated heterocycles. The molecule has 0 saturated carbocycles. The van der Waals surface area contributed by atoms with Gasteiger partial charge in [0.15, 0.2) is 6.20 Å². The van der Waals surface area contributed by atoms with Crippen molar-refractivity contribution in [3.05, 3.63) is 41.7 Å². The molecule has 0 aliphatic carbocycles. The van der Waals surface area contributed by atoms with Crippen molar-refractivity contribution in [1.82, 2.24) is 0 Å². The number of nitrogens with zero attached hydrogens (tertiary/aromatic N) is 1. The Bertz CT molecular complexity index is 440. The van der Waals surface area contributed by atoms with Crippen LogP contribution in [-0.2, 0) is 0 Å². The number of benzene rings is 1. The summed E-state index contributed by atoms with van der Waals surface area (Å²) in [7, 11) is 1.50. The first-order valence-electron chi connectivity index (χ1n) is 3.98. The minimum atomic E-state index is 0.345. The van der Waals surface area contributed by atoms with Crippen LogP contribution in [0.3, 0.4) is 0 Å². The van der Waals surface area contributed by atoms with Gasteiger partial charge in [0.2, 0.25) is 0 Å². The van der Waals surface area contributed by atoms with Gasteiger partial charge in [-0.1, -0.05) is 18.2 Å². The average molecular weight is 175 g/mol. The van der Waals surface area contributed by atoms with Crippen molar-refractivity contribution in [2.45, 2.75) is 0 Å². The highest BCUT2D eigenvalue weighted by Crippen LogP contribution is 2.20. The third-order valence-corrected chi connectivity index (χ3v) is 1.97.